The molecule has 0 radical (unpaired) electrons. The molecule has 0 saturated heterocycles. The Labute approximate surface area is 136 Å². The second-order valence-corrected chi connectivity index (χ2v) is 5.89. The number of carbonyl (C=O) groups is 2. The van der Waals surface area contributed by atoms with Gasteiger partial charge in [-0.2, -0.15) is 5.10 Å². The van der Waals surface area contributed by atoms with E-state index in [-0.39, 0.29) is 11.6 Å². The highest BCUT2D eigenvalue weighted by Gasteiger charge is 2.15. The second-order valence-electron chi connectivity index (χ2n) is 4.94. The predicted octanol–water partition coefficient (Wildman–Crippen LogP) is 2.80. The standard InChI is InChI=1S/C16H14N4O2S/c1-9-10(15(17)21)4-2-5-11(9)18-16(22)13-8-12(19-20-13)14-6-3-7-23-14/h2-8H,1H3,(H2,17,21)(H,18,22)(H,19,20). The summed E-state index contributed by atoms with van der Waals surface area (Å²) in [4.78, 5) is 24.7. The zero-order valence-corrected chi connectivity index (χ0v) is 13.1. The Morgan fingerprint density at radius 2 is 2.09 bits per heavy atom. The number of amides is 2. The van der Waals surface area contributed by atoms with E-state index in [0.29, 0.717) is 16.8 Å². The van der Waals surface area contributed by atoms with Crippen LogP contribution in [0.3, 0.4) is 0 Å². The molecule has 7 heteroatoms. The highest BCUT2D eigenvalue weighted by molar-refractivity contribution is 7.13. The molecule has 0 fully saturated rings. The minimum Gasteiger partial charge on any atom is -0.366 e. The fourth-order valence-electron chi connectivity index (χ4n) is 2.22. The molecule has 1 aromatic carbocycles. The fourth-order valence-corrected chi connectivity index (χ4v) is 2.91. The van der Waals surface area contributed by atoms with Crippen molar-refractivity contribution >= 4 is 28.8 Å². The lowest BCUT2D eigenvalue weighted by molar-refractivity contribution is 0.0995. The van der Waals surface area contributed by atoms with Crippen molar-refractivity contribution < 1.29 is 9.59 Å². The number of carbonyl (C=O) groups excluding carboxylic acids is 2. The van der Waals surface area contributed by atoms with Crippen molar-refractivity contribution in [1.29, 1.82) is 0 Å². The molecule has 0 atom stereocenters. The molecule has 0 aliphatic carbocycles. The number of hydrogen-bond donors (Lipinski definition) is 3. The highest BCUT2D eigenvalue weighted by atomic mass is 32.1. The van der Waals surface area contributed by atoms with Crippen LogP contribution in [0, 0.1) is 6.92 Å². The van der Waals surface area contributed by atoms with Crippen molar-refractivity contribution in [2.45, 2.75) is 6.92 Å². The van der Waals surface area contributed by atoms with Crippen molar-refractivity contribution in [3.8, 4) is 10.6 Å². The van der Waals surface area contributed by atoms with Crippen molar-refractivity contribution in [2.24, 2.45) is 5.73 Å². The van der Waals surface area contributed by atoms with Crippen LogP contribution in [0.4, 0.5) is 5.69 Å². The third-order valence-corrected chi connectivity index (χ3v) is 4.35. The van der Waals surface area contributed by atoms with Crippen LogP contribution in [0.2, 0.25) is 0 Å². The summed E-state index contributed by atoms with van der Waals surface area (Å²) in [5, 5.41) is 11.6. The number of aromatic amines is 1. The lowest BCUT2D eigenvalue weighted by Gasteiger charge is -2.09. The Morgan fingerprint density at radius 1 is 1.26 bits per heavy atom. The van der Waals surface area contributed by atoms with Gasteiger partial charge in [0.1, 0.15) is 0 Å². The van der Waals surface area contributed by atoms with Crippen LogP contribution in [-0.2, 0) is 0 Å². The first-order chi connectivity index (χ1) is 11.1. The fraction of sp³-hybridized carbons (Fsp3) is 0.0625. The zero-order chi connectivity index (χ0) is 16.4. The molecule has 116 valence electrons. The Balaban J connectivity index is 1.83. The molecule has 23 heavy (non-hydrogen) atoms. The zero-order valence-electron chi connectivity index (χ0n) is 12.3. The molecule has 3 aromatic rings. The quantitative estimate of drug-likeness (QED) is 0.687. The van der Waals surface area contributed by atoms with Gasteiger partial charge in [-0.15, -0.1) is 11.3 Å². The predicted molar refractivity (Wildman–Crippen MR) is 89.6 cm³/mol. The molecule has 0 bridgehead atoms. The third kappa shape index (κ3) is 3.00. The Hall–Kier alpha value is -2.93. The first-order valence-electron chi connectivity index (χ1n) is 6.86. The first kappa shape index (κ1) is 15.0. The number of benzene rings is 1. The van der Waals surface area contributed by atoms with E-state index in [1.165, 1.54) is 0 Å². The summed E-state index contributed by atoms with van der Waals surface area (Å²) in [6.45, 7) is 1.73. The lowest BCUT2D eigenvalue weighted by atomic mass is 10.1. The maximum atomic E-state index is 12.3. The maximum Gasteiger partial charge on any atom is 0.276 e. The Kier molecular flexibility index (Phi) is 3.94. The van der Waals surface area contributed by atoms with Gasteiger partial charge in [0.05, 0.1) is 10.6 Å². The number of nitrogens with zero attached hydrogens (tertiary/aromatic N) is 1. The molecule has 0 spiro atoms. The number of primary amides is 1. The van der Waals surface area contributed by atoms with Gasteiger partial charge in [0, 0.05) is 11.3 Å². The van der Waals surface area contributed by atoms with Gasteiger partial charge in [-0.05, 0) is 42.1 Å². The summed E-state index contributed by atoms with van der Waals surface area (Å²) in [6.07, 6.45) is 0. The molecule has 2 amide bonds. The largest absolute Gasteiger partial charge is 0.366 e. The van der Waals surface area contributed by atoms with Crippen molar-refractivity contribution in [3.63, 3.8) is 0 Å². The molecular weight excluding hydrogens is 312 g/mol. The van der Waals surface area contributed by atoms with Gasteiger partial charge < -0.3 is 11.1 Å². The summed E-state index contributed by atoms with van der Waals surface area (Å²) in [6, 6.07) is 10.6. The van der Waals surface area contributed by atoms with E-state index in [1.807, 2.05) is 17.5 Å². The molecule has 6 nitrogen and oxygen atoms in total. The summed E-state index contributed by atoms with van der Waals surface area (Å²) < 4.78 is 0. The monoisotopic (exact) mass is 326 g/mol. The topological polar surface area (TPSA) is 101 Å². The maximum absolute atomic E-state index is 12.3. The molecule has 0 aliphatic rings. The van der Waals surface area contributed by atoms with Crippen molar-refractivity contribution in [1.82, 2.24) is 10.2 Å². The molecule has 2 heterocycles. The van der Waals surface area contributed by atoms with Crippen LogP contribution in [0.15, 0.2) is 41.8 Å². The molecule has 0 unspecified atom stereocenters. The normalized spacial score (nSPS) is 10.5. The average molecular weight is 326 g/mol. The Morgan fingerprint density at radius 3 is 2.78 bits per heavy atom. The number of H-pyrrole nitrogens is 1. The number of nitrogens with two attached hydrogens (primary N) is 1. The van der Waals surface area contributed by atoms with E-state index in [2.05, 4.69) is 15.5 Å². The van der Waals surface area contributed by atoms with Crippen molar-refractivity contribution in [3.05, 3.63) is 58.6 Å². The van der Waals surface area contributed by atoms with Gasteiger partial charge in [0.15, 0.2) is 5.69 Å². The summed E-state index contributed by atoms with van der Waals surface area (Å²) in [5.41, 5.74) is 7.92. The minimum atomic E-state index is -0.529. The Bertz CT molecular complexity index is 868. The van der Waals surface area contributed by atoms with E-state index >= 15 is 0 Å². The number of thiophene rings is 1. The number of hydrogen-bond acceptors (Lipinski definition) is 4. The summed E-state index contributed by atoms with van der Waals surface area (Å²) >= 11 is 1.56. The van der Waals surface area contributed by atoms with Gasteiger partial charge >= 0.3 is 0 Å². The van der Waals surface area contributed by atoms with E-state index in [0.717, 1.165) is 10.6 Å². The number of nitrogens with one attached hydrogen (secondary N) is 2. The number of rotatable bonds is 4. The molecule has 2 aromatic heterocycles. The minimum absolute atomic E-state index is 0.275. The van der Waals surface area contributed by atoms with Crippen LogP contribution in [0.25, 0.3) is 10.6 Å². The average Bonchev–Trinajstić information content (AvgIpc) is 3.19. The lowest BCUT2D eigenvalue weighted by Crippen LogP contribution is -2.17. The first-order valence-corrected chi connectivity index (χ1v) is 7.74. The smallest absolute Gasteiger partial charge is 0.276 e. The van der Waals surface area contributed by atoms with Gasteiger partial charge in [0.25, 0.3) is 5.91 Å². The molecular formula is C16H14N4O2S. The van der Waals surface area contributed by atoms with Crippen LogP contribution in [0.5, 0.6) is 0 Å². The van der Waals surface area contributed by atoms with Crippen LogP contribution < -0.4 is 11.1 Å². The molecule has 4 N–H and O–H groups in total. The van der Waals surface area contributed by atoms with E-state index in [1.54, 1.807) is 42.5 Å². The van der Waals surface area contributed by atoms with Gasteiger partial charge in [-0.3, -0.25) is 14.7 Å². The summed E-state index contributed by atoms with van der Waals surface area (Å²) in [7, 11) is 0. The van der Waals surface area contributed by atoms with Crippen molar-refractivity contribution in [2.75, 3.05) is 5.32 Å². The van der Waals surface area contributed by atoms with E-state index in [4.69, 9.17) is 5.73 Å². The summed E-state index contributed by atoms with van der Waals surface area (Å²) in [5.74, 6) is -0.882. The van der Waals surface area contributed by atoms with Crippen LogP contribution in [-0.4, -0.2) is 22.0 Å². The highest BCUT2D eigenvalue weighted by Crippen LogP contribution is 2.24. The molecule has 3 rings (SSSR count). The molecule has 0 saturated carbocycles. The third-order valence-electron chi connectivity index (χ3n) is 3.44. The second kappa shape index (κ2) is 6.05. The van der Waals surface area contributed by atoms with Gasteiger partial charge in [-0.25, -0.2) is 0 Å². The molecule has 0 aliphatic heterocycles. The SMILES string of the molecule is Cc1c(NC(=O)c2cc(-c3cccs3)[nH]n2)cccc1C(N)=O. The number of aromatic nitrogens is 2. The van der Waals surface area contributed by atoms with E-state index in [9.17, 15) is 9.59 Å². The number of anilines is 1. The van der Waals surface area contributed by atoms with E-state index < -0.39 is 5.91 Å². The van der Waals surface area contributed by atoms with Crippen LogP contribution in [0.1, 0.15) is 26.4 Å². The van der Waals surface area contributed by atoms with Gasteiger partial charge in [0.2, 0.25) is 5.91 Å². The van der Waals surface area contributed by atoms with Gasteiger partial charge in [-0.1, -0.05) is 12.1 Å². The van der Waals surface area contributed by atoms with Crippen LogP contribution >= 0.6 is 11.3 Å².